The molecule has 0 radical (unpaired) electrons. The molecule has 0 aliphatic heterocycles. The number of rotatable bonds is 3. The lowest BCUT2D eigenvalue weighted by molar-refractivity contribution is 1.22. The predicted octanol–water partition coefficient (Wildman–Crippen LogP) is 6.08. The molecule has 0 saturated heterocycles. The molecule has 0 heterocycles. The van der Waals surface area contributed by atoms with Crippen LogP contribution in [0.2, 0.25) is 0 Å². The molecule has 3 aromatic carbocycles. The Hall–Kier alpha value is -2.54. The van der Waals surface area contributed by atoms with Gasteiger partial charge in [0.25, 0.3) is 0 Å². The molecule has 22 heavy (non-hydrogen) atoms. The molecule has 0 N–H and O–H groups in total. The monoisotopic (exact) mass is 287 g/mol. The number of para-hydroxylation sites is 2. The second-order valence-corrected chi connectivity index (χ2v) is 5.75. The van der Waals surface area contributed by atoms with Crippen LogP contribution in [0.4, 0.5) is 17.1 Å². The van der Waals surface area contributed by atoms with Gasteiger partial charge in [-0.15, -0.1) is 0 Å². The summed E-state index contributed by atoms with van der Waals surface area (Å²) in [6.07, 6.45) is 0. The predicted molar refractivity (Wildman–Crippen MR) is 95.3 cm³/mol. The minimum atomic E-state index is 1.20. The van der Waals surface area contributed by atoms with Crippen molar-refractivity contribution in [3.8, 4) is 0 Å². The fraction of sp³-hybridized carbons (Fsp3) is 0.143. The fourth-order valence-electron chi connectivity index (χ4n) is 2.80. The van der Waals surface area contributed by atoms with Gasteiger partial charge in [0.15, 0.2) is 0 Å². The molecule has 0 aromatic heterocycles. The van der Waals surface area contributed by atoms with E-state index in [1.165, 1.54) is 33.8 Å². The van der Waals surface area contributed by atoms with Crippen LogP contribution in [0, 0.1) is 20.8 Å². The molecule has 0 fully saturated rings. The molecule has 110 valence electrons. The molecule has 0 saturated carbocycles. The molecular weight excluding hydrogens is 266 g/mol. The van der Waals surface area contributed by atoms with Crippen molar-refractivity contribution in [3.63, 3.8) is 0 Å². The number of benzene rings is 3. The second kappa shape index (κ2) is 6.07. The molecule has 0 amide bonds. The molecule has 3 aromatic rings. The molecule has 1 nitrogen and oxygen atoms in total. The first-order valence-electron chi connectivity index (χ1n) is 7.65. The van der Waals surface area contributed by atoms with E-state index in [9.17, 15) is 0 Å². The van der Waals surface area contributed by atoms with Gasteiger partial charge in [-0.25, -0.2) is 0 Å². The van der Waals surface area contributed by atoms with Crippen LogP contribution in [0.1, 0.15) is 16.7 Å². The van der Waals surface area contributed by atoms with Gasteiger partial charge in [0.1, 0.15) is 0 Å². The highest BCUT2D eigenvalue weighted by Gasteiger charge is 2.15. The zero-order valence-electron chi connectivity index (χ0n) is 13.4. The molecule has 1 heteroatoms. The van der Waals surface area contributed by atoms with Gasteiger partial charge in [0.05, 0.1) is 0 Å². The Morgan fingerprint density at radius 2 is 1.14 bits per heavy atom. The van der Waals surface area contributed by atoms with Crippen molar-refractivity contribution in [3.05, 3.63) is 89.5 Å². The average Bonchev–Trinajstić information content (AvgIpc) is 2.51. The normalized spacial score (nSPS) is 10.5. The summed E-state index contributed by atoms with van der Waals surface area (Å²) in [5.74, 6) is 0. The van der Waals surface area contributed by atoms with Crippen molar-refractivity contribution >= 4 is 17.1 Å². The molecule has 0 bridgehead atoms. The molecule has 0 unspecified atom stereocenters. The van der Waals surface area contributed by atoms with E-state index >= 15 is 0 Å². The maximum Gasteiger partial charge on any atom is 0.0490 e. The van der Waals surface area contributed by atoms with Gasteiger partial charge in [-0.05, 0) is 61.7 Å². The highest BCUT2D eigenvalue weighted by Crippen LogP contribution is 2.37. The Balaban J connectivity index is 2.24. The third kappa shape index (κ3) is 2.75. The van der Waals surface area contributed by atoms with E-state index in [1.54, 1.807) is 0 Å². The first-order chi connectivity index (χ1) is 10.7. The highest BCUT2D eigenvalue weighted by atomic mass is 15.1. The molecule has 0 aliphatic carbocycles. The van der Waals surface area contributed by atoms with E-state index in [-0.39, 0.29) is 0 Å². The van der Waals surface area contributed by atoms with Gasteiger partial charge < -0.3 is 4.90 Å². The molecule has 0 aliphatic rings. The van der Waals surface area contributed by atoms with Gasteiger partial charge in [-0.3, -0.25) is 0 Å². The summed E-state index contributed by atoms with van der Waals surface area (Å²) in [7, 11) is 0. The molecule has 0 atom stereocenters. The van der Waals surface area contributed by atoms with Crippen LogP contribution in [0.3, 0.4) is 0 Å². The Labute approximate surface area is 132 Å². The van der Waals surface area contributed by atoms with Crippen molar-refractivity contribution in [2.75, 3.05) is 4.90 Å². The van der Waals surface area contributed by atoms with E-state index in [4.69, 9.17) is 0 Å². The van der Waals surface area contributed by atoms with E-state index < -0.39 is 0 Å². The molecular formula is C21H21N. The molecule has 0 spiro atoms. The van der Waals surface area contributed by atoms with Gasteiger partial charge in [-0.2, -0.15) is 0 Å². The Morgan fingerprint density at radius 3 is 1.64 bits per heavy atom. The van der Waals surface area contributed by atoms with Crippen molar-refractivity contribution in [2.24, 2.45) is 0 Å². The van der Waals surface area contributed by atoms with Crippen LogP contribution in [0.5, 0.6) is 0 Å². The summed E-state index contributed by atoms with van der Waals surface area (Å²) >= 11 is 0. The van der Waals surface area contributed by atoms with E-state index in [0.717, 1.165) is 0 Å². The van der Waals surface area contributed by atoms with Crippen molar-refractivity contribution in [2.45, 2.75) is 20.8 Å². The van der Waals surface area contributed by atoms with Gasteiger partial charge >= 0.3 is 0 Å². The van der Waals surface area contributed by atoms with Crippen molar-refractivity contribution < 1.29 is 0 Å². The Bertz CT molecular complexity index is 744. The third-order valence-electron chi connectivity index (χ3n) is 3.97. The van der Waals surface area contributed by atoms with E-state index in [1.807, 2.05) is 0 Å². The smallest absolute Gasteiger partial charge is 0.0490 e. The minimum Gasteiger partial charge on any atom is -0.310 e. The van der Waals surface area contributed by atoms with Gasteiger partial charge in [-0.1, -0.05) is 48.5 Å². The maximum absolute atomic E-state index is 2.34. The molecule has 3 rings (SSSR count). The minimum absolute atomic E-state index is 1.20. The summed E-state index contributed by atoms with van der Waals surface area (Å²) in [5.41, 5.74) is 7.46. The van der Waals surface area contributed by atoms with Crippen LogP contribution in [-0.4, -0.2) is 0 Å². The average molecular weight is 287 g/mol. The van der Waals surface area contributed by atoms with Crippen LogP contribution in [-0.2, 0) is 0 Å². The summed E-state index contributed by atoms with van der Waals surface area (Å²) in [5, 5.41) is 0. The van der Waals surface area contributed by atoms with Crippen molar-refractivity contribution in [1.82, 2.24) is 0 Å². The summed E-state index contributed by atoms with van der Waals surface area (Å²) in [6, 6.07) is 25.7. The lowest BCUT2D eigenvalue weighted by atomic mass is 10.1. The van der Waals surface area contributed by atoms with E-state index in [0.29, 0.717) is 0 Å². The van der Waals surface area contributed by atoms with Crippen molar-refractivity contribution in [1.29, 1.82) is 0 Å². The number of nitrogens with zero attached hydrogens (tertiary/aromatic N) is 1. The summed E-state index contributed by atoms with van der Waals surface area (Å²) < 4.78 is 0. The van der Waals surface area contributed by atoms with Crippen LogP contribution >= 0.6 is 0 Å². The second-order valence-electron chi connectivity index (χ2n) is 5.75. The van der Waals surface area contributed by atoms with Gasteiger partial charge in [0.2, 0.25) is 0 Å². The van der Waals surface area contributed by atoms with Gasteiger partial charge in [0, 0.05) is 17.1 Å². The quantitative estimate of drug-likeness (QED) is 0.564. The SMILES string of the molecule is Cc1cccc(N(c2ccccc2C)c2ccccc2C)c1. The Morgan fingerprint density at radius 1 is 0.591 bits per heavy atom. The lowest BCUT2D eigenvalue weighted by Gasteiger charge is -2.28. The zero-order chi connectivity index (χ0) is 15.5. The number of hydrogen-bond acceptors (Lipinski definition) is 1. The number of hydrogen-bond donors (Lipinski definition) is 0. The third-order valence-corrected chi connectivity index (χ3v) is 3.97. The highest BCUT2D eigenvalue weighted by molar-refractivity contribution is 5.80. The Kier molecular flexibility index (Phi) is 3.97. The van der Waals surface area contributed by atoms with Crippen LogP contribution in [0.25, 0.3) is 0 Å². The standard InChI is InChI=1S/C21H21N/c1-16-9-8-12-19(15-16)22(20-13-6-4-10-17(20)2)21-14-7-5-11-18(21)3/h4-15H,1-3H3. The maximum atomic E-state index is 2.34. The van der Waals surface area contributed by atoms with E-state index in [2.05, 4.69) is 98.5 Å². The summed E-state index contributed by atoms with van der Waals surface area (Å²) in [6.45, 7) is 6.46. The largest absolute Gasteiger partial charge is 0.310 e. The topological polar surface area (TPSA) is 3.24 Å². The zero-order valence-corrected chi connectivity index (χ0v) is 13.4. The van der Waals surface area contributed by atoms with Crippen LogP contribution < -0.4 is 4.90 Å². The summed E-state index contributed by atoms with van der Waals surface area (Å²) in [4.78, 5) is 2.34. The lowest BCUT2D eigenvalue weighted by Crippen LogP contribution is -2.12. The van der Waals surface area contributed by atoms with Crippen LogP contribution in [0.15, 0.2) is 72.8 Å². The first-order valence-corrected chi connectivity index (χ1v) is 7.65. The fourth-order valence-corrected chi connectivity index (χ4v) is 2.80. The number of aryl methyl sites for hydroxylation is 3. The number of anilines is 3. The first kappa shape index (κ1) is 14.4.